The molecule has 0 bridgehead atoms. The van der Waals surface area contributed by atoms with Crippen LogP contribution in [0.1, 0.15) is 44.2 Å². The van der Waals surface area contributed by atoms with E-state index in [2.05, 4.69) is 50.0 Å². The number of hydrogen-bond donors (Lipinski definition) is 1. The van der Waals surface area contributed by atoms with Gasteiger partial charge in [0.25, 0.3) is 0 Å². The summed E-state index contributed by atoms with van der Waals surface area (Å²) in [5.74, 6) is 0.839. The Morgan fingerprint density at radius 1 is 1.33 bits per heavy atom. The second kappa shape index (κ2) is 6.19. The fourth-order valence-electron chi connectivity index (χ4n) is 2.88. The summed E-state index contributed by atoms with van der Waals surface area (Å²) in [7, 11) is 0. The van der Waals surface area contributed by atoms with Crippen molar-refractivity contribution in [3.05, 3.63) is 42.0 Å². The molecular weight excluding hydrogens is 218 g/mol. The third kappa shape index (κ3) is 3.71. The van der Waals surface area contributed by atoms with Crippen LogP contribution in [0.5, 0.6) is 0 Å². The van der Waals surface area contributed by atoms with Crippen LogP contribution in [0.25, 0.3) is 5.57 Å². The average Bonchev–Trinajstić information content (AvgIpc) is 2.54. The van der Waals surface area contributed by atoms with Crippen LogP contribution in [0.4, 0.5) is 0 Å². The highest BCUT2D eigenvalue weighted by Gasteiger charge is 2.16. The van der Waals surface area contributed by atoms with E-state index in [-0.39, 0.29) is 0 Å². The predicted molar refractivity (Wildman–Crippen MR) is 79.7 cm³/mol. The highest BCUT2D eigenvalue weighted by Crippen LogP contribution is 2.22. The topological polar surface area (TPSA) is 12.0 Å². The molecule has 1 saturated heterocycles. The summed E-state index contributed by atoms with van der Waals surface area (Å²) in [6.07, 6.45) is 5.21. The van der Waals surface area contributed by atoms with Crippen molar-refractivity contribution in [2.45, 2.75) is 45.6 Å². The zero-order valence-corrected chi connectivity index (χ0v) is 11.7. The van der Waals surface area contributed by atoms with Crippen molar-refractivity contribution in [3.63, 3.8) is 0 Å². The summed E-state index contributed by atoms with van der Waals surface area (Å²) in [6.45, 7) is 9.54. The fourth-order valence-corrected chi connectivity index (χ4v) is 2.88. The van der Waals surface area contributed by atoms with Gasteiger partial charge in [-0.1, -0.05) is 36.4 Å². The first-order valence-corrected chi connectivity index (χ1v) is 7.13. The molecule has 2 rings (SSSR count). The Morgan fingerprint density at radius 3 is 2.72 bits per heavy atom. The standard InChI is InChI=1S/C17H25N/c1-13(2)17-8-6-15(7-9-17)12-16-5-4-10-18-14(3)11-16/h6-9,14,16,18H,1,4-5,10-12H2,2-3H3. The molecule has 18 heavy (non-hydrogen) atoms. The smallest absolute Gasteiger partial charge is 0.00414 e. The molecule has 98 valence electrons. The van der Waals surface area contributed by atoms with E-state index in [1.54, 1.807) is 0 Å². The molecule has 1 aromatic rings. The zero-order valence-electron chi connectivity index (χ0n) is 11.7. The van der Waals surface area contributed by atoms with Gasteiger partial charge in [0.05, 0.1) is 0 Å². The van der Waals surface area contributed by atoms with E-state index < -0.39 is 0 Å². The van der Waals surface area contributed by atoms with Gasteiger partial charge in [-0.2, -0.15) is 0 Å². The van der Waals surface area contributed by atoms with Gasteiger partial charge in [0.2, 0.25) is 0 Å². The first-order chi connectivity index (χ1) is 8.65. The van der Waals surface area contributed by atoms with Crippen LogP contribution >= 0.6 is 0 Å². The van der Waals surface area contributed by atoms with Gasteiger partial charge in [-0.05, 0) is 63.1 Å². The molecule has 2 unspecified atom stereocenters. The van der Waals surface area contributed by atoms with Gasteiger partial charge in [-0.3, -0.25) is 0 Å². The normalized spacial score (nSPS) is 24.6. The molecule has 1 nitrogen and oxygen atoms in total. The molecule has 0 aliphatic carbocycles. The Balaban J connectivity index is 1.97. The minimum Gasteiger partial charge on any atom is -0.314 e. The molecular formula is C17H25N. The lowest BCUT2D eigenvalue weighted by atomic mass is 9.90. The fraction of sp³-hybridized carbons (Fsp3) is 0.529. The third-order valence-electron chi connectivity index (χ3n) is 3.94. The van der Waals surface area contributed by atoms with Crippen molar-refractivity contribution in [1.29, 1.82) is 0 Å². The predicted octanol–water partition coefficient (Wildman–Crippen LogP) is 4.04. The van der Waals surface area contributed by atoms with Crippen LogP contribution < -0.4 is 5.32 Å². The average molecular weight is 243 g/mol. The van der Waals surface area contributed by atoms with Gasteiger partial charge in [-0.25, -0.2) is 0 Å². The molecule has 0 saturated carbocycles. The van der Waals surface area contributed by atoms with Crippen LogP contribution in [0.15, 0.2) is 30.8 Å². The maximum absolute atomic E-state index is 3.98. The molecule has 0 amide bonds. The van der Waals surface area contributed by atoms with Crippen LogP contribution in [0.3, 0.4) is 0 Å². The zero-order chi connectivity index (χ0) is 13.0. The summed E-state index contributed by atoms with van der Waals surface area (Å²) in [5.41, 5.74) is 3.88. The van der Waals surface area contributed by atoms with Crippen molar-refractivity contribution in [1.82, 2.24) is 5.32 Å². The van der Waals surface area contributed by atoms with Crippen LogP contribution in [0, 0.1) is 5.92 Å². The first-order valence-electron chi connectivity index (χ1n) is 7.13. The number of benzene rings is 1. The molecule has 1 aliphatic rings. The van der Waals surface area contributed by atoms with E-state index in [4.69, 9.17) is 0 Å². The maximum atomic E-state index is 3.98. The Labute approximate surface area is 111 Å². The molecule has 1 aliphatic heterocycles. The van der Waals surface area contributed by atoms with Crippen molar-refractivity contribution < 1.29 is 0 Å². The first kappa shape index (κ1) is 13.4. The highest BCUT2D eigenvalue weighted by molar-refractivity contribution is 5.61. The number of rotatable bonds is 3. The quantitative estimate of drug-likeness (QED) is 0.845. The van der Waals surface area contributed by atoms with E-state index >= 15 is 0 Å². The Morgan fingerprint density at radius 2 is 2.06 bits per heavy atom. The molecule has 1 heterocycles. The summed E-state index contributed by atoms with van der Waals surface area (Å²) in [5, 5.41) is 3.57. The van der Waals surface area contributed by atoms with Gasteiger partial charge in [0, 0.05) is 6.04 Å². The number of nitrogens with one attached hydrogen (secondary N) is 1. The maximum Gasteiger partial charge on any atom is 0.00414 e. The SMILES string of the molecule is C=C(C)c1ccc(CC2CCCNC(C)C2)cc1. The lowest BCUT2D eigenvalue weighted by Crippen LogP contribution is -2.25. The van der Waals surface area contributed by atoms with Crippen LogP contribution in [0.2, 0.25) is 0 Å². The second-order valence-corrected chi connectivity index (χ2v) is 5.78. The van der Waals surface area contributed by atoms with E-state index in [1.807, 2.05) is 0 Å². The van der Waals surface area contributed by atoms with Crippen molar-refractivity contribution in [2.75, 3.05) is 6.54 Å². The molecule has 0 aromatic heterocycles. The molecule has 0 radical (unpaired) electrons. The minimum atomic E-state index is 0.673. The highest BCUT2D eigenvalue weighted by atomic mass is 14.9. The van der Waals surface area contributed by atoms with Crippen LogP contribution in [-0.4, -0.2) is 12.6 Å². The second-order valence-electron chi connectivity index (χ2n) is 5.78. The Bertz CT molecular complexity index is 391. The molecule has 1 heteroatoms. The Hall–Kier alpha value is -1.08. The van der Waals surface area contributed by atoms with Gasteiger partial charge < -0.3 is 5.32 Å². The van der Waals surface area contributed by atoms with Gasteiger partial charge in [0.1, 0.15) is 0 Å². The van der Waals surface area contributed by atoms with Crippen molar-refractivity contribution >= 4 is 5.57 Å². The Kier molecular flexibility index (Phi) is 4.60. The summed E-state index contributed by atoms with van der Waals surface area (Å²) < 4.78 is 0. The largest absolute Gasteiger partial charge is 0.314 e. The van der Waals surface area contributed by atoms with Crippen molar-refractivity contribution in [3.8, 4) is 0 Å². The van der Waals surface area contributed by atoms with E-state index in [0.717, 1.165) is 11.5 Å². The summed E-state index contributed by atoms with van der Waals surface area (Å²) >= 11 is 0. The molecule has 1 fully saturated rings. The van der Waals surface area contributed by atoms with Crippen LogP contribution in [-0.2, 0) is 6.42 Å². The van der Waals surface area contributed by atoms with Gasteiger partial charge >= 0.3 is 0 Å². The number of allylic oxidation sites excluding steroid dienone is 1. The van der Waals surface area contributed by atoms with E-state index in [0.29, 0.717) is 6.04 Å². The lowest BCUT2D eigenvalue weighted by Gasteiger charge is -2.17. The minimum absolute atomic E-state index is 0.673. The van der Waals surface area contributed by atoms with Gasteiger partial charge in [0.15, 0.2) is 0 Å². The molecule has 1 N–H and O–H groups in total. The lowest BCUT2D eigenvalue weighted by molar-refractivity contribution is 0.426. The van der Waals surface area contributed by atoms with E-state index in [1.165, 1.54) is 43.4 Å². The molecule has 2 atom stereocenters. The monoisotopic (exact) mass is 243 g/mol. The third-order valence-corrected chi connectivity index (χ3v) is 3.94. The van der Waals surface area contributed by atoms with Gasteiger partial charge in [-0.15, -0.1) is 0 Å². The van der Waals surface area contributed by atoms with Crippen molar-refractivity contribution in [2.24, 2.45) is 5.92 Å². The van der Waals surface area contributed by atoms with E-state index in [9.17, 15) is 0 Å². The number of hydrogen-bond acceptors (Lipinski definition) is 1. The summed E-state index contributed by atoms with van der Waals surface area (Å²) in [4.78, 5) is 0. The molecule has 1 aromatic carbocycles. The summed E-state index contributed by atoms with van der Waals surface area (Å²) in [6, 6.07) is 9.62. The molecule has 0 spiro atoms.